The van der Waals surface area contributed by atoms with Crippen molar-refractivity contribution in [2.24, 2.45) is 23.7 Å². The highest BCUT2D eigenvalue weighted by molar-refractivity contribution is 8.02. The first-order chi connectivity index (χ1) is 19.5. The maximum atomic E-state index is 12.9. The predicted molar refractivity (Wildman–Crippen MR) is 150 cm³/mol. The van der Waals surface area contributed by atoms with E-state index in [1.54, 1.807) is 5.41 Å². The van der Waals surface area contributed by atoms with E-state index in [0.717, 1.165) is 31.0 Å². The van der Waals surface area contributed by atoms with Crippen LogP contribution in [0.4, 0.5) is 0 Å². The van der Waals surface area contributed by atoms with Gasteiger partial charge in [0.25, 0.3) is 11.8 Å². The third-order valence-corrected chi connectivity index (χ3v) is 7.92. The summed E-state index contributed by atoms with van der Waals surface area (Å²) >= 11 is 1.21. The number of nitrogens with zero attached hydrogens (tertiary/aromatic N) is 4. The Morgan fingerprint density at radius 3 is 2.66 bits per heavy atom. The molecule has 41 heavy (non-hydrogen) atoms. The number of carbonyl (C=O) groups is 2. The zero-order chi connectivity index (χ0) is 30.3. The first-order valence-corrected chi connectivity index (χ1v) is 14.8. The van der Waals surface area contributed by atoms with Gasteiger partial charge in [-0.25, -0.2) is 4.31 Å². The lowest BCUT2D eigenvalue weighted by Crippen LogP contribution is -2.71. The Kier molecular flexibility index (Phi) is 10.9. The number of ether oxygens (including phenoxy) is 1. The zero-order valence-electron chi connectivity index (χ0n) is 22.8. The normalized spacial score (nSPS) is 20.5. The Labute approximate surface area is 241 Å². The largest absolute Gasteiger partial charge is 0.490 e. The molecule has 1 aromatic heterocycles. The molecule has 2 aromatic rings. The summed E-state index contributed by atoms with van der Waals surface area (Å²) in [5, 5.41) is 18.8. The fraction of sp³-hybridized carbons (Fsp3) is 0.478. The molecule has 2 aliphatic rings. The molecule has 1 saturated heterocycles. The third kappa shape index (κ3) is 7.46. The van der Waals surface area contributed by atoms with Crippen LogP contribution in [0.2, 0.25) is 0 Å². The molecular weight excluding hydrogens is 580 g/mol. The van der Waals surface area contributed by atoms with E-state index in [4.69, 9.17) is 30.7 Å². The van der Waals surface area contributed by atoms with E-state index >= 15 is 0 Å². The van der Waals surface area contributed by atoms with Gasteiger partial charge in [0.15, 0.2) is 19.4 Å². The highest BCUT2D eigenvalue weighted by atomic mass is 32.2. The van der Waals surface area contributed by atoms with Gasteiger partial charge in [0, 0.05) is 12.5 Å². The number of oxime groups is 1. The fourth-order valence-electron chi connectivity index (χ4n) is 4.24. The Morgan fingerprint density at radius 1 is 1.32 bits per heavy atom. The summed E-state index contributed by atoms with van der Waals surface area (Å²) in [4.78, 5) is 30.4. The van der Waals surface area contributed by atoms with Crippen LogP contribution in [0.1, 0.15) is 13.3 Å². The summed E-state index contributed by atoms with van der Waals surface area (Å²) in [6.07, 6.45) is 2.86. The van der Waals surface area contributed by atoms with Crippen LogP contribution < -0.4 is 31.5 Å². The van der Waals surface area contributed by atoms with Gasteiger partial charge in [-0.2, -0.15) is 13.1 Å². The topological polar surface area (TPSA) is 228 Å². The summed E-state index contributed by atoms with van der Waals surface area (Å²) in [6, 6.07) is 3.58. The minimum absolute atomic E-state index is 0.00186. The molecule has 2 aliphatic heterocycles. The summed E-state index contributed by atoms with van der Waals surface area (Å²) in [5.41, 5.74) is 12.1. The molecule has 0 spiro atoms. The number of nitrogens with one attached hydrogen (secondary N) is 2. The zero-order valence-corrected chi connectivity index (χ0v) is 24.4. The number of fused-ring (bicyclic) bond motifs is 1. The smallest absolute Gasteiger partial charge is 0.362 e. The SMILES string of the molecule is CO.C[C@H]1C(NC(=O)/C(=N\OCCOc2ccc3c(c2)c[n+](C)n3CCCN)C2=CSC(N)N2)C(=O)N1S(=O)(=O)O. The van der Waals surface area contributed by atoms with Crippen molar-refractivity contribution >= 4 is 50.5 Å². The number of carbonyl (C=O) groups excluding carboxylic acids is 2. The molecule has 16 nitrogen and oxygen atoms in total. The van der Waals surface area contributed by atoms with Crippen LogP contribution in [0.5, 0.6) is 5.75 Å². The highest BCUT2D eigenvalue weighted by Gasteiger charge is 2.51. The standard InChI is InChI=1S/C22H30N8O7S2.CH4O/c1-13-18(21(32)30(13)39(33,34)35)26-20(31)19(16-12-38-22(24)25-16)27-37-9-8-36-15-4-5-17-14(10-15)11-28(2)29(17)7-3-6-23;1-2/h4-5,10-13,18,22,25H,3,6-9,23-24H2,1-2H3,(H-,26,31,33,34,35);2H,1H3/p+1/b27-19-;/t13-,18?,22?;/m0./s1. The van der Waals surface area contributed by atoms with Crippen molar-refractivity contribution in [2.45, 2.75) is 37.5 Å². The number of amides is 2. The summed E-state index contributed by atoms with van der Waals surface area (Å²) < 4.78 is 42.0. The second-order valence-corrected chi connectivity index (χ2v) is 11.2. The predicted octanol–water partition coefficient (Wildman–Crippen LogP) is -1.89. The molecule has 8 N–H and O–H groups in total. The van der Waals surface area contributed by atoms with E-state index < -0.39 is 39.7 Å². The van der Waals surface area contributed by atoms with Crippen molar-refractivity contribution in [3.63, 3.8) is 0 Å². The second-order valence-electron chi connectivity index (χ2n) is 8.85. The lowest BCUT2D eigenvalue weighted by atomic mass is 10.0. The maximum absolute atomic E-state index is 12.9. The first-order valence-electron chi connectivity index (χ1n) is 12.5. The average molecular weight is 616 g/mol. The van der Waals surface area contributed by atoms with Crippen LogP contribution in [-0.2, 0) is 38.3 Å². The molecule has 2 unspecified atom stereocenters. The number of benzene rings is 1. The summed E-state index contributed by atoms with van der Waals surface area (Å²) in [6.45, 7) is 2.92. The minimum Gasteiger partial charge on any atom is -0.490 e. The maximum Gasteiger partial charge on any atom is 0.362 e. The molecule has 3 atom stereocenters. The molecule has 2 amide bonds. The average Bonchev–Trinajstić information content (AvgIpc) is 3.49. The van der Waals surface area contributed by atoms with Gasteiger partial charge >= 0.3 is 10.3 Å². The van der Waals surface area contributed by atoms with E-state index in [0.29, 0.717) is 12.3 Å². The number of aryl methyl sites for hydroxylation is 2. The van der Waals surface area contributed by atoms with E-state index in [-0.39, 0.29) is 28.9 Å². The Balaban J connectivity index is 0.00000226. The van der Waals surface area contributed by atoms with Gasteiger partial charge in [-0.15, -0.1) is 4.68 Å². The van der Waals surface area contributed by atoms with Crippen LogP contribution >= 0.6 is 11.8 Å². The van der Waals surface area contributed by atoms with Crippen LogP contribution in [0.3, 0.4) is 0 Å². The minimum atomic E-state index is -4.72. The number of aromatic nitrogens is 2. The lowest BCUT2D eigenvalue weighted by molar-refractivity contribution is -0.751. The Bertz CT molecular complexity index is 1430. The molecule has 4 rings (SSSR count). The van der Waals surface area contributed by atoms with Crippen LogP contribution in [0.15, 0.2) is 40.7 Å². The van der Waals surface area contributed by atoms with Gasteiger partial charge in [-0.05, 0) is 38.1 Å². The number of rotatable bonds is 12. The van der Waals surface area contributed by atoms with Crippen molar-refractivity contribution in [2.75, 3.05) is 26.9 Å². The second kappa shape index (κ2) is 14.0. The number of aliphatic hydroxyl groups is 1. The van der Waals surface area contributed by atoms with Gasteiger partial charge in [0.2, 0.25) is 6.20 Å². The summed E-state index contributed by atoms with van der Waals surface area (Å²) in [5.74, 6) is -1.12. The number of hydrogen-bond acceptors (Lipinski definition) is 12. The van der Waals surface area contributed by atoms with Crippen molar-refractivity contribution in [3.05, 3.63) is 35.5 Å². The van der Waals surface area contributed by atoms with Crippen molar-refractivity contribution in [3.8, 4) is 5.75 Å². The van der Waals surface area contributed by atoms with E-state index in [2.05, 4.69) is 20.5 Å². The first kappa shape index (κ1) is 32.1. The van der Waals surface area contributed by atoms with Crippen LogP contribution in [0.25, 0.3) is 10.9 Å². The summed E-state index contributed by atoms with van der Waals surface area (Å²) in [7, 11) is -1.76. The molecule has 3 heterocycles. The van der Waals surface area contributed by atoms with E-state index in [1.807, 2.05) is 36.1 Å². The molecule has 1 fully saturated rings. The molecular formula is C23H35N8O8S2+. The Hall–Kier alpha value is -3.42. The van der Waals surface area contributed by atoms with Crippen LogP contribution in [-0.4, -0.2) is 89.0 Å². The molecule has 1 aromatic carbocycles. The van der Waals surface area contributed by atoms with Gasteiger partial charge < -0.3 is 36.8 Å². The number of nitrogens with two attached hydrogens (primary N) is 2. The number of thioether (sulfide) groups is 1. The molecule has 0 aliphatic carbocycles. The van der Waals surface area contributed by atoms with Crippen molar-refractivity contribution in [1.29, 1.82) is 0 Å². The van der Waals surface area contributed by atoms with Crippen molar-refractivity contribution in [1.82, 2.24) is 19.6 Å². The van der Waals surface area contributed by atoms with Crippen molar-refractivity contribution < 1.29 is 41.9 Å². The number of β-lactam (4-membered cyclic amide) rings is 1. The number of hydrogen-bond donors (Lipinski definition) is 6. The van der Waals surface area contributed by atoms with Gasteiger partial charge in [-0.3, -0.25) is 14.1 Å². The molecule has 0 radical (unpaired) electrons. The fourth-order valence-corrected chi connectivity index (χ4v) is 5.78. The van der Waals surface area contributed by atoms with E-state index in [9.17, 15) is 18.0 Å². The van der Waals surface area contributed by atoms with Gasteiger partial charge in [-0.1, -0.05) is 16.9 Å². The van der Waals surface area contributed by atoms with Crippen LogP contribution in [0, 0.1) is 0 Å². The number of aliphatic hydroxyl groups excluding tert-OH is 1. The molecule has 18 heteroatoms. The Morgan fingerprint density at radius 2 is 2.05 bits per heavy atom. The van der Waals surface area contributed by atoms with Gasteiger partial charge in [0.05, 0.1) is 23.7 Å². The lowest BCUT2D eigenvalue weighted by Gasteiger charge is -2.42. The van der Waals surface area contributed by atoms with E-state index in [1.165, 1.54) is 18.7 Å². The molecule has 0 saturated carbocycles. The third-order valence-electron chi connectivity index (χ3n) is 6.13. The monoisotopic (exact) mass is 615 g/mol. The van der Waals surface area contributed by atoms with Gasteiger partial charge in [0.1, 0.15) is 29.4 Å². The highest BCUT2D eigenvalue weighted by Crippen LogP contribution is 2.24. The molecule has 0 bridgehead atoms. The quantitative estimate of drug-likeness (QED) is 0.0385. The molecule has 226 valence electrons.